The van der Waals surface area contributed by atoms with E-state index in [1.807, 2.05) is 20.8 Å². The molecule has 1 fully saturated rings. The maximum atomic E-state index is 12.3. The van der Waals surface area contributed by atoms with Gasteiger partial charge in [0, 0.05) is 13.0 Å². The van der Waals surface area contributed by atoms with Gasteiger partial charge in [-0.15, -0.1) is 0 Å². The third-order valence-corrected chi connectivity index (χ3v) is 4.42. The highest BCUT2D eigenvalue weighted by Gasteiger charge is 2.41. The summed E-state index contributed by atoms with van der Waals surface area (Å²) in [4.78, 5) is 23.9. The van der Waals surface area contributed by atoms with Crippen LogP contribution in [0.3, 0.4) is 0 Å². The molecule has 0 aromatic heterocycles. The van der Waals surface area contributed by atoms with E-state index in [1.54, 1.807) is 0 Å². The van der Waals surface area contributed by atoms with Crippen LogP contribution in [0.15, 0.2) is 0 Å². The Morgan fingerprint density at radius 3 is 2.33 bits per heavy atom. The monoisotopic (exact) mass is 299 g/mol. The highest BCUT2D eigenvalue weighted by Crippen LogP contribution is 2.39. The molecule has 1 saturated carbocycles. The zero-order valence-corrected chi connectivity index (χ0v) is 13.5. The van der Waals surface area contributed by atoms with Crippen molar-refractivity contribution in [3.05, 3.63) is 0 Å². The molecular formula is C16H29NO4. The van der Waals surface area contributed by atoms with Gasteiger partial charge in [0.05, 0.1) is 18.1 Å². The topological polar surface area (TPSA) is 75.6 Å². The van der Waals surface area contributed by atoms with E-state index in [0.29, 0.717) is 26.1 Å². The van der Waals surface area contributed by atoms with Crippen molar-refractivity contribution < 1.29 is 19.4 Å². The van der Waals surface area contributed by atoms with Crippen molar-refractivity contribution in [1.29, 1.82) is 0 Å². The van der Waals surface area contributed by atoms with E-state index < -0.39 is 11.4 Å². The molecule has 0 aromatic carbocycles. The third-order valence-electron chi connectivity index (χ3n) is 4.42. The van der Waals surface area contributed by atoms with Crippen molar-refractivity contribution in [3.8, 4) is 0 Å². The Morgan fingerprint density at radius 1 is 1.24 bits per heavy atom. The van der Waals surface area contributed by atoms with Crippen LogP contribution in [-0.2, 0) is 14.3 Å². The second kappa shape index (κ2) is 8.37. The molecule has 1 unspecified atom stereocenters. The number of hydrogen-bond acceptors (Lipinski definition) is 3. The van der Waals surface area contributed by atoms with Gasteiger partial charge in [-0.25, -0.2) is 0 Å². The second-order valence-electron chi connectivity index (χ2n) is 6.40. The first-order valence-electron chi connectivity index (χ1n) is 8.02. The summed E-state index contributed by atoms with van der Waals surface area (Å²) < 4.78 is 5.39. The summed E-state index contributed by atoms with van der Waals surface area (Å²) >= 11 is 0. The molecule has 2 N–H and O–H groups in total. The molecule has 0 aliphatic heterocycles. The van der Waals surface area contributed by atoms with Crippen LogP contribution in [0.2, 0.25) is 0 Å². The number of rotatable bonds is 8. The predicted octanol–water partition coefficient (Wildman–Crippen LogP) is 2.59. The number of carboxylic acids is 1. The molecule has 1 aliphatic carbocycles. The molecule has 122 valence electrons. The van der Waals surface area contributed by atoms with E-state index in [2.05, 4.69) is 5.32 Å². The van der Waals surface area contributed by atoms with Crippen molar-refractivity contribution in [2.45, 2.75) is 65.3 Å². The highest BCUT2D eigenvalue weighted by atomic mass is 16.5. The predicted molar refractivity (Wildman–Crippen MR) is 81.0 cm³/mol. The Morgan fingerprint density at radius 2 is 1.86 bits per heavy atom. The lowest BCUT2D eigenvalue weighted by Crippen LogP contribution is -2.45. The second-order valence-corrected chi connectivity index (χ2v) is 6.40. The van der Waals surface area contributed by atoms with Crippen molar-refractivity contribution in [3.63, 3.8) is 0 Å². The van der Waals surface area contributed by atoms with Gasteiger partial charge < -0.3 is 15.2 Å². The van der Waals surface area contributed by atoms with E-state index in [4.69, 9.17) is 4.74 Å². The first-order chi connectivity index (χ1) is 9.91. The van der Waals surface area contributed by atoms with Crippen LogP contribution < -0.4 is 5.32 Å². The molecule has 1 amide bonds. The molecule has 0 saturated heterocycles. The molecule has 21 heavy (non-hydrogen) atoms. The van der Waals surface area contributed by atoms with Gasteiger partial charge in [-0.1, -0.05) is 33.1 Å². The smallest absolute Gasteiger partial charge is 0.310 e. The van der Waals surface area contributed by atoms with Gasteiger partial charge >= 0.3 is 5.97 Å². The van der Waals surface area contributed by atoms with Crippen LogP contribution in [0, 0.1) is 11.3 Å². The summed E-state index contributed by atoms with van der Waals surface area (Å²) in [6.45, 7) is 7.05. The fourth-order valence-electron chi connectivity index (χ4n) is 2.91. The number of ether oxygens (including phenoxy) is 1. The lowest BCUT2D eigenvalue weighted by Gasteiger charge is -2.33. The van der Waals surface area contributed by atoms with E-state index >= 15 is 0 Å². The van der Waals surface area contributed by atoms with Crippen LogP contribution in [0.4, 0.5) is 0 Å². The van der Waals surface area contributed by atoms with Crippen molar-refractivity contribution in [2.75, 3.05) is 13.2 Å². The number of nitrogens with one attached hydrogen (secondary N) is 1. The molecule has 0 heterocycles. The zero-order valence-electron chi connectivity index (χ0n) is 13.5. The van der Waals surface area contributed by atoms with E-state index in [1.165, 1.54) is 0 Å². The van der Waals surface area contributed by atoms with Crippen molar-refractivity contribution >= 4 is 11.9 Å². The van der Waals surface area contributed by atoms with Gasteiger partial charge in [-0.3, -0.25) is 9.59 Å². The summed E-state index contributed by atoms with van der Waals surface area (Å²) in [6, 6.07) is -0.0631. The molecule has 5 heteroatoms. The van der Waals surface area contributed by atoms with Gasteiger partial charge in [0.15, 0.2) is 0 Å². The summed E-state index contributed by atoms with van der Waals surface area (Å²) in [5.74, 6) is -0.742. The fourth-order valence-corrected chi connectivity index (χ4v) is 2.91. The van der Waals surface area contributed by atoms with Crippen LogP contribution >= 0.6 is 0 Å². The molecule has 0 bridgehead atoms. The van der Waals surface area contributed by atoms with Crippen LogP contribution in [0.5, 0.6) is 0 Å². The summed E-state index contributed by atoms with van der Waals surface area (Å²) in [5, 5.41) is 12.5. The minimum atomic E-state index is -0.866. The molecule has 5 nitrogen and oxygen atoms in total. The lowest BCUT2D eigenvalue weighted by molar-refractivity contribution is -0.154. The highest BCUT2D eigenvalue weighted by molar-refractivity contribution is 5.85. The summed E-state index contributed by atoms with van der Waals surface area (Å²) in [5.41, 5.74) is -0.866. The van der Waals surface area contributed by atoms with E-state index in [-0.39, 0.29) is 24.3 Å². The van der Waals surface area contributed by atoms with Crippen LogP contribution in [0.25, 0.3) is 0 Å². The van der Waals surface area contributed by atoms with Gasteiger partial charge in [0.25, 0.3) is 0 Å². The first-order valence-corrected chi connectivity index (χ1v) is 8.02. The maximum Gasteiger partial charge on any atom is 0.310 e. The van der Waals surface area contributed by atoms with Gasteiger partial charge in [-0.05, 0) is 25.7 Å². The van der Waals surface area contributed by atoms with Crippen LogP contribution in [0.1, 0.15) is 59.3 Å². The van der Waals surface area contributed by atoms with E-state index in [0.717, 1.165) is 19.3 Å². The summed E-state index contributed by atoms with van der Waals surface area (Å²) in [6.07, 6.45) is 4.15. The fraction of sp³-hybridized carbons (Fsp3) is 0.875. The van der Waals surface area contributed by atoms with Crippen LogP contribution in [-0.4, -0.2) is 36.2 Å². The third kappa shape index (κ3) is 5.30. The number of amides is 1. The molecule has 1 aliphatic rings. The molecule has 0 spiro atoms. The standard InChI is InChI=1S/C16H29NO4/c1-4-21-11-13(12(2)3)17-14(18)10-16(15(19)20)8-6-5-7-9-16/h12-13H,4-11H2,1-3H3,(H,17,18)(H,19,20). The number of hydrogen-bond donors (Lipinski definition) is 2. The van der Waals surface area contributed by atoms with E-state index in [9.17, 15) is 14.7 Å². The number of aliphatic carboxylic acids is 1. The Balaban J connectivity index is 2.62. The molecule has 0 radical (unpaired) electrons. The Kier molecular flexibility index (Phi) is 7.15. The van der Waals surface area contributed by atoms with Gasteiger partial charge in [0.1, 0.15) is 0 Å². The van der Waals surface area contributed by atoms with Gasteiger partial charge in [0.2, 0.25) is 5.91 Å². The zero-order chi connectivity index (χ0) is 15.9. The molecular weight excluding hydrogens is 270 g/mol. The normalized spacial score (nSPS) is 19.2. The number of carboxylic acid groups (broad SMARTS) is 1. The Labute approximate surface area is 127 Å². The largest absolute Gasteiger partial charge is 0.481 e. The summed E-state index contributed by atoms with van der Waals surface area (Å²) in [7, 11) is 0. The van der Waals surface area contributed by atoms with Crippen molar-refractivity contribution in [2.24, 2.45) is 11.3 Å². The quantitative estimate of drug-likeness (QED) is 0.722. The maximum absolute atomic E-state index is 12.3. The Hall–Kier alpha value is -1.10. The molecule has 1 atom stereocenters. The molecule has 0 aromatic rings. The minimum absolute atomic E-state index is 0.0631. The number of carbonyl (C=O) groups excluding carboxylic acids is 1. The average molecular weight is 299 g/mol. The average Bonchev–Trinajstić information content (AvgIpc) is 2.43. The minimum Gasteiger partial charge on any atom is -0.481 e. The van der Waals surface area contributed by atoms with Crippen molar-refractivity contribution in [1.82, 2.24) is 5.32 Å². The van der Waals surface area contributed by atoms with Gasteiger partial charge in [-0.2, -0.15) is 0 Å². The SMILES string of the molecule is CCOCC(NC(=O)CC1(C(=O)O)CCCCC1)C(C)C. The Bertz CT molecular complexity index is 348. The molecule has 1 rings (SSSR count). The lowest BCUT2D eigenvalue weighted by atomic mass is 9.71. The first kappa shape index (κ1) is 18.0. The number of carbonyl (C=O) groups is 2.